The fourth-order valence-electron chi connectivity index (χ4n) is 4.68. The summed E-state index contributed by atoms with van der Waals surface area (Å²) in [5.41, 5.74) is 7.34. The van der Waals surface area contributed by atoms with Crippen LogP contribution in [0.1, 0.15) is 49.3 Å². The Hall–Kier alpha value is -1.75. The van der Waals surface area contributed by atoms with Crippen molar-refractivity contribution in [2.75, 3.05) is 25.4 Å². The highest BCUT2D eigenvalue weighted by atomic mass is 35.5. The number of hydrogen-bond acceptors (Lipinski definition) is 3. The average Bonchev–Trinajstić information content (AvgIpc) is 2.74. The van der Waals surface area contributed by atoms with Crippen LogP contribution in [0.5, 0.6) is 0 Å². The largest absolute Gasteiger partial charge is 0.481 e. The number of fused-ring (bicyclic) bond motifs is 1. The molecule has 0 saturated carbocycles. The summed E-state index contributed by atoms with van der Waals surface area (Å²) in [5, 5.41) is 9.03. The molecule has 0 atom stereocenters. The molecule has 2 aromatic carbocycles. The quantitative estimate of drug-likeness (QED) is 0.323. The zero-order chi connectivity index (χ0) is 21.6. The van der Waals surface area contributed by atoms with E-state index >= 15 is 0 Å². The van der Waals surface area contributed by atoms with E-state index in [4.69, 9.17) is 5.11 Å². The van der Waals surface area contributed by atoms with Gasteiger partial charge in [-0.15, -0.1) is 24.2 Å². The summed E-state index contributed by atoms with van der Waals surface area (Å²) < 4.78 is 0. The van der Waals surface area contributed by atoms with Crippen LogP contribution in [-0.2, 0) is 17.6 Å². The third kappa shape index (κ3) is 6.40. The van der Waals surface area contributed by atoms with Crippen LogP contribution >= 0.6 is 24.2 Å². The van der Waals surface area contributed by atoms with Gasteiger partial charge in [0.25, 0.3) is 0 Å². The first-order chi connectivity index (χ1) is 15.1. The smallest absolute Gasteiger partial charge is 0.309 e. The second kappa shape index (κ2) is 11.9. The van der Waals surface area contributed by atoms with Gasteiger partial charge in [-0.25, -0.2) is 0 Å². The summed E-state index contributed by atoms with van der Waals surface area (Å²) in [6.45, 7) is 4.68. The molecule has 1 N–H and O–H groups in total. The van der Waals surface area contributed by atoms with Gasteiger partial charge in [0.1, 0.15) is 0 Å². The van der Waals surface area contributed by atoms with E-state index in [0.717, 1.165) is 25.8 Å². The third-order valence-electron chi connectivity index (χ3n) is 6.71. The number of allylic oxidation sites excluding steroid dienone is 1. The second-order valence-electron chi connectivity index (χ2n) is 8.88. The highest BCUT2D eigenvalue weighted by Crippen LogP contribution is 2.35. The summed E-state index contributed by atoms with van der Waals surface area (Å²) in [4.78, 5) is 14.6. The molecule has 172 valence electrons. The Morgan fingerprint density at radius 3 is 2.59 bits per heavy atom. The molecule has 0 aromatic heterocycles. The molecule has 2 aromatic rings. The van der Waals surface area contributed by atoms with Crippen molar-refractivity contribution in [3.8, 4) is 0 Å². The highest BCUT2D eigenvalue weighted by Gasteiger charge is 2.32. The van der Waals surface area contributed by atoms with Gasteiger partial charge in [-0.2, -0.15) is 0 Å². The van der Waals surface area contributed by atoms with E-state index in [1.807, 2.05) is 11.8 Å². The average molecular weight is 472 g/mol. The maximum Gasteiger partial charge on any atom is 0.309 e. The van der Waals surface area contributed by atoms with Crippen LogP contribution in [-0.4, -0.2) is 41.4 Å². The molecular weight excluding hydrogens is 438 g/mol. The molecule has 5 heteroatoms. The van der Waals surface area contributed by atoms with Gasteiger partial charge >= 0.3 is 5.97 Å². The van der Waals surface area contributed by atoms with E-state index in [2.05, 4.69) is 60.4 Å². The van der Waals surface area contributed by atoms with Crippen molar-refractivity contribution in [1.82, 2.24) is 4.90 Å². The van der Waals surface area contributed by atoms with Crippen LogP contribution in [0, 0.1) is 5.92 Å². The molecule has 1 fully saturated rings. The Balaban J connectivity index is 0.00000289. The Kier molecular flexibility index (Phi) is 9.27. The molecule has 0 bridgehead atoms. The monoisotopic (exact) mass is 471 g/mol. The van der Waals surface area contributed by atoms with Gasteiger partial charge in [0, 0.05) is 24.5 Å². The number of carbonyl (C=O) groups is 1. The molecule has 1 saturated heterocycles. The molecule has 3 nitrogen and oxygen atoms in total. The predicted octanol–water partition coefficient (Wildman–Crippen LogP) is 6.35. The minimum atomic E-state index is -0.650. The van der Waals surface area contributed by atoms with Crippen LogP contribution in [0.3, 0.4) is 0 Å². The van der Waals surface area contributed by atoms with Crippen LogP contribution < -0.4 is 0 Å². The number of hydrogen-bond donors (Lipinski definition) is 1. The van der Waals surface area contributed by atoms with E-state index in [0.29, 0.717) is 13.1 Å². The number of likely N-dealkylation sites (tertiary alicyclic amines) is 1. The number of benzene rings is 2. The van der Waals surface area contributed by atoms with Crippen LogP contribution in [0.25, 0.3) is 5.57 Å². The van der Waals surface area contributed by atoms with E-state index in [9.17, 15) is 4.79 Å². The number of rotatable bonds is 10. The second-order valence-corrected chi connectivity index (χ2v) is 10.1. The van der Waals surface area contributed by atoms with Crippen LogP contribution in [0.2, 0.25) is 0 Å². The lowest BCUT2D eigenvalue weighted by Gasteiger charge is -2.37. The summed E-state index contributed by atoms with van der Waals surface area (Å²) in [6, 6.07) is 17.8. The van der Waals surface area contributed by atoms with Crippen molar-refractivity contribution in [3.63, 3.8) is 0 Å². The molecular formula is C27H34ClNO2S. The lowest BCUT2D eigenvalue weighted by molar-refractivity contribution is -0.147. The standard InChI is InChI=1S/C27H33NO2S.ClH/c1-20-22(14-15-28-18-24(19-28)27(29)30)10-11-23-17-25(12-13-26(20)23)31-16-6-5-9-21-7-3-2-4-8-21;/h2-4,7-8,12-13,17,24H,5-6,9-11,14-16,18-19H2,1H3,(H,29,30);1H. The highest BCUT2D eigenvalue weighted by molar-refractivity contribution is 7.99. The normalized spacial score (nSPS) is 16.3. The lowest BCUT2D eigenvalue weighted by atomic mass is 9.85. The number of thioether (sulfide) groups is 1. The molecule has 0 amide bonds. The summed E-state index contributed by atoms with van der Waals surface area (Å²) in [5.74, 6) is 0.373. The SMILES string of the molecule is CC1=C(CCN2CC(C(=O)O)C2)CCc2cc(SCCCCc3ccccc3)ccc21.Cl. The Morgan fingerprint density at radius 1 is 1.06 bits per heavy atom. The van der Waals surface area contributed by atoms with Gasteiger partial charge in [-0.3, -0.25) is 4.79 Å². The van der Waals surface area contributed by atoms with E-state index in [1.165, 1.54) is 52.2 Å². The first kappa shape index (κ1) is 24.9. The van der Waals surface area contributed by atoms with E-state index < -0.39 is 5.97 Å². The Labute approximate surface area is 202 Å². The van der Waals surface area contributed by atoms with Gasteiger partial charge < -0.3 is 10.0 Å². The Bertz CT molecular complexity index is 938. The van der Waals surface area contributed by atoms with Gasteiger partial charge in [0.05, 0.1) is 5.92 Å². The number of nitrogens with zero attached hydrogens (tertiary/aromatic N) is 1. The van der Waals surface area contributed by atoms with E-state index in [-0.39, 0.29) is 18.3 Å². The first-order valence-corrected chi connectivity index (χ1v) is 12.5. The zero-order valence-electron chi connectivity index (χ0n) is 18.9. The fourth-order valence-corrected chi connectivity index (χ4v) is 5.65. The van der Waals surface area contributed by atoms with Gasteiger partial charge in [0.15, 0.2) is 0 Å². The zero-order valence-corrected chi connectivity index (χ0v) is 20.5. The van der Waals surface area contributed by atoms with Gasteiger partial charge in [-0.05, 0) is 85.6 Å². The molecule has 0 unspecified atom stereocenters. The van der Waals surface area contributed by atoms with Crippen LogP contribution in [0.4, 0.5) is 0 Å². The van der Waals surface area contributed by atoms with Crippen molar-refractivity contribution in [1.29, 1.82) is 0 Å². The molecule has 4 rings (SSSR count). The van der Waals surface area contributed by atoms with Crippen molar-refractivity contribution < 1.29 is 9.90 Å². The number of carboxylic acid groups (broad SMARTS) is 1. The van der Waals surface area contributed by atoms with Crippen molar-refractivity contribution in [2.45, 2.75) is 50.3 Å². The van der Waals surface area contributed by atoms with Crippen molar-refractivity contribution >= 4 is 35.7 Å². The first-order valence-electron chi connectivity index (χ1n) is 11.5. The predicted molar refractivity (Wildman–Crippen MR) is 137 cm³/mol. The summed E-state index contributed by atoms with van der Waals surface area (Å²) >= 11 is 1.99. The number of aliphatic carboxylic acids is 1. The molecule has 1 heterocycles. The van der Waals surface area contributed by atoms with Gasteiger partial charge in [0.2, 0.25) is 0 Å². The summed E-state index contributed by atoms with van der Waals surface area (Å²) in [6.07, 6.45) is 7.00. The Morgan fingerprint density at radius 2 is 1.84 bits per heavy atom. The number of halogens is 1. The molecule has 1 aliphatic heterocycles. The maximum absolute atomic E-state index is 11.0. The molecule has 0 radical (unpaired) electrons. The van der Waals surface area contributed by atoms with Crippen molar-refractivity contribution in [3.05, 3.63) is 70.8 Å². The molecule has 1 aliphatic carbocycles. The topological polar surface area (TPSA) is 40.5 Å². The fraction of sp³-hybridized carbons (Fsp3) is 0.444. The lowest BCUT2D eigenvalue weighted by Crippen LogP contribution is -2.50. The van der Waals surface area contributed by atoms with Crippen molar-refractivity contribution in [2.24, 2.45) is 5.92 Å². The number of carboxylic acids is 1. The molecule has 2 aliphatic rings. The maximum atomic E-state index is 11.0. The minimum absolute atomic E-state index is 0. The van der Waals surface area contributed by atoms with Gasteiger partial charge in [-0.1, -0.05) is 42.0 Å². The van der Waals surface area contributed by atoms with Crippen LogP contribution in [0.15, 0.2) is 59.0 Å². The third-order valence-corrected chi connectivity index (χ3v) is 7.79. The molecule has 0 spiro atoms. The number of unbranched alkanes of at least 4 members (excludes halogenated alkanes) is 1. The molecule has 32 heavy (non-hydrogen) atoms. The number of aryl methyl sites for hydroxylation is 2. The summed E-state index contributed by atoms with van der Waals surface area (Å²) in [7, 11) is 0. The minimum Gasteiger partial charge on any atom is -0.481 e. The van der Waals surface area contributed by atoms with E-state index in [1.54, 1.807) is 5.57 Å².